The van der Waals surface area contributed by atoms with Crippen molar-refractivity contribution in [1.29, 1.82) is 0 Å². The van der Waals surface area contributed by atoms with E-state index >= 15 is 0 Å². The number of ether oxygens (including phenoxy) is 1. The molecule has 0 saturated carbocycles. The summed E-state index contributed by atoms with van der Waals surface area (Å²) in [7, 11) is 3.34. The van der Waals surface area contributed by atoms with Gasteiger partial charge in [-0.25, -0.2) is 4.39 Å². The van der Waals surface area contributed by atoms with Crippen molar-refractivity contribution in [2.45, 2.75) is 6.04 Å². The smallest absolute Gasteiger partial charge is 0.138 e. The van der Waals surface area contributed by atoms with Crippen LogP contribution in [0.25, 0.3) is 0 Å². The number of rotatable bonds is 4. The summed E-state index contributed by atoms with van der Waals surface area (Å²) in [5.41, 5.74) is 1.32. The maximum atomic E-state index is 14.0. The van der Waals surface area contributed by atoms with E-state index in [1.807, 2.05) is 0 Å². The highest BCUT2D eigenvalue weighted by atomic mass is 79.9. The molecule has 0 aromatic heterocycles. The van der Waals surface area contributed by atoms with Crippen molar-refractivity contribution in [3.63, 3.8) is 0 Å². The Hall–Kier alpha value is -1.10. The lowest BCUT2D eigenvalue weighted by molar-refractivity contribution is 0.402. The van der Waals surface area contributed by atoms with Gasteiger partial charge in [0.25, 0.3) is 0 Å². The van der Waals surface area contributed by atoms with Crippen molar-refractivity contribution >= 4 is 27.5 Å². The van der Waals surface area contributed by atoms with Gasteiger partial charge in [-0.3, -0.25) is 0 Å². The summed E-state index contributed by atoms with van der Waals surface area (Å²) in [6, 6.07) is 9.82. The third kappa shape index (κ3) is 2.97. The number of hydrogen-bond donors (Lipinski definition) is 1. The molecule has 0 saturated heterocycles. The van der Waals surface area contributed by atoms with Gasteiger partial charge in [0, 0.05) is 16.1 Å². The van der Waals surface area contributed by atoms with Gasteiger partial charge in [-0.05, 0) is 41.2 Å². The van der Waals surface area contributed by atoms with Crippen LogP contribution in [0.4, 0.5) is 4.39 Å². The molecule has 0 fully saturated rings. The van der Waals surface area contributed by atoms with Gasteiger partial charge in [0.1, 0.15) is 11.6 Å². The van der Waals surface area contributed by atoms with E-state index in [-0.39, 0.29) is 11.9 Å². The summed E-state index contributed by atoms with van der Waals surface area (Å²) in [5.74, 6) is 0.363. The fourth-order valence-electron chi connectivity index (χ4n) is 2.20. The minimum absolute atomic E-state index is 0.273. The van der Waals surface area contributed by atoms with Crippen LogP contribution in [0.2, 0.25) is 5.02 Å². The van der Waals surface area contributed by atoms with Crippen LogP contribution >= 0.6 is 27.5 Å². The normalized spacial score (nSPS) is 12.2. The summed E-state index contributed by atoms with van der Waals surface area (Å²) >= 11 is 9.52. The first-order chi connectivity index (χ1) is 9.58. The Balaban J connectivity index is 2.61. The molecular weight excluding hydrogens is 345 g/mol. The molecule has 20 heavy (non-hydrogen) atoms. The first-order valence-electron chi connectivity index (χ1n) is 6.03. The van der Waals surface area contributed by atoms with E-state index in [4.69, 9.17) is 16.3 Å². The average molecular weight is 359 g/mol. The second kappa shape index (κ2) is 6.57. The number of halogens is 3. The Morgan fingerprint density at radius 2 is 1.95 bits per heavy atom. The van der Waals surface area contributed by atoms with E-state index in [1.165, 1.54) is 6.07 Å². The van der Waals surface area contributed by atoms with Crippen molar-refractivity contribution in [1.82, 2.24) is 5.32 Å². The number of hydrogen-bond acceptors (Lipinski definition) is 2. The monoisotopic (exact) mass is 357 g/mol. The third-order valence-corrected chi connectivity index (χ3v) is 3.86. The molecule has 0 aliphatic heterocycles. The minimum Gasteiger partial charge on any atom is -0.495 e. The maximum Gasteiger partial charge on any atom is 0.138 e. The summed E-state index contributed by atoms with van der Waals surface area (Å²) in [4.78, 5) is 0. The molecule has 2 aromatic carbocycles. The highest BCUT2D eigenvalue weighted by Crippen LogP contribution is 2.38. The number of methoxy groups -OCH3 is 1. The van der Waals surface area contributed by atoms with E-state index in [0.717, 1.165) is 10.0 Å². The highest BCUT2D eigenvalue weighted by molar-refractivity contribution is 9.10. The van der Waals surface area contributed by atoms with Crippen LogP contribution in [0.1, 0.15) is 17.2 Å². The molecule has 0 spiro atoms. The third-order valence-electron chi connectivity index (χ3n) is 3.06. The van der Waals surface area contributed by atoms with Crippen LogP contribution in [0.3, 0.4) is 0 Å². The van der Waals surface area contributed by atoms with E-state index < -0.39 is 0 Å². The number of nitrogens with one attached hydrogen (secondary N) is 1. The lowest BCUT2D eigenvalue weighted by atomic mass is 9.97. The zero-order valence-corrected chi connectivity index (χ0v) is 13.4. The van der Waals surface area contributed by atoms with Gasteiger partial charge in [0.2, 0.25) is 0 Å². The summed E-state index contributed by atoms with van der Waals surface area (Å²) in [5, 5.41) is 3.66. The van der Waals surface area contributed by atoms with Gasteiger partial charge in [-0.15, -0.1) is 0 Å². The Bertz CT molecular complexity index is 621. The summed E-state index contributed by atoms with van der Waals surface area (Å²) < 4.78 is 20.2. The van der Waals surface area contributed by atoms with Crippen LogP contribution in [0, 0.1) is 5.82 Å². The molecule has 0 amide bonds. The molecule has 2 nitrogen and oxygen atoms in total. The molecule has 106 valence electrons. The van der Waals surface area contributed by atoms with Crippen molar-refractivity contribution < 1.29 is 9.13 Å². The largest absolute Gasteiger partial charge is 0.495 e. The van der Waals surface area contributed by atoms with Crippen molar-refractivity contribution in [3.8, 4) is 5.75 Å². The van der Waals surface area contributed by atoms with Gasteiger partial charge < -0.3 is 10.1 Å². The molecule has 2 aromatic rings. The van der Waals surface area contributed by atoms with Crippen molar-refractivity contribution in [2.75, 3.05) is 14.2 Å². The molecule has 5 heteroatoms. The van der Waals surface area contributed by atoms with Crippen LogP contribution in [-0.4, -0.2) is 14.2 Å². The zero-order chi connectivity index (χ0) is 14.7. The van der Waals surface area contributed by atoms with E-state index in [2.05, 4.69) is 21.2 Å². The maximum absolute atomic E-state index is 14.0. The van der Waals surface area contributed by atoms with Crippen molar-refractivity contribution in [2.24, 2.45) is 0 Å². The van der Waals surface area contributed by atoms with Gasteiger partial charge in [-0.2, -0.15) is 0 Å². The SMILES string of the molecule is CNC(c1ccccc1F)c1cc(Cl)cc(Br)c1OC. The van der Waals surface area contributed by atoms with Gasteiger partial charge >= 0.3 is 0 Å². The fraction of sp³-hybridized carbons (Fsp3) is 0.200. The van der Waals surface area contributed by atoms with Crippen LogP contribution in [-0.2, 0) is 0 Å². The molecule has 1 N–H and O–H groups in total. The molecule has 1 atom stereocenters. The second-order valence-electron chi connectivity index (χ2n) is 4.25. The first-order valence-corrected chi connectivity index (χ1v) is 7.20. The van der Waals surface area contributed by atoms with Crippen LogP contribution < -0.4 is 10.1 Å². The summed E-state index contributed by atoms with van der Waals surface area (Å²) in [6.07, 6.45) is 0. The van der Waals surface area contributed by atoms with Gasteiger partial charge in [-0.1, -0.05) is 29.8 Å². The molecule has 0 heterocycles. The zero-order valence-electron chi connectivity index (χ0n) is 11.1. The topological polar surface area (TPSA) is 21.3 Å². The Labute approximate surface area is 131 Å². The van der Waals surface area contributed by atoms with Crippen molar-refractivity contribution in [3.05, 3.63) is 62.8 Å². The minimum atomic E-state index is -0.346. The molecule has 0 aliphatic carbocycles. The first kappa shape index (κ1) is 15.3. The Morgan fingerprint density at radius 1 is 1.25 bits per heavy atom. The Morgan fingerprint density at radius 3 is 2.55 bits per heavy atom. The summed E-state index contributed by atoms with van der Waals surface area (Å²) in [6.45, 7) is 0. The second-order valence-corrected chi connectivity index (χ2v) is 5.54. The standard InChI is InChI=1S/C15H14BrClFNO/c1-19-14(10-5-3-4-6-13(10)18)11-7-9(17)8-12(16)15(11)20-2/h3-8,14,19H,1-2H3. The van der Waals surface area contributed by atoms with Crippen LogP contribution in [0.5, 0.6) is 5.75 Å². The molecule has 0 bridgehead atoms. The number of benzene rings is 2. The van der Waals surface area contributed by atoms with Crippen LogP contribution in [0.15, 0.2) is 40.9 Å². The van der Waals surface area contributed by atoms with E-state index in [0.29, 0.717) is 16.3 Å². The van der Waals surface area contributed by atoms with E-state index in [1.54, 1.807) is 44.5 Å². The molecule has 1 unspecified atom stereocenters. The lowest BCUT2D eigenvalue weighted by Crippen LogP contribution is -2.19. The molecule has 0 radical (unpaired) electrons. The fourth-order valence-corrected chi connectivity index (χ4v) is 3.19. The predicted molar refractivity (Wildman–Crippen MR) is 83.0 cm³/mol. The van der Waals surface area contributed by atoms with E-state index in [9.17, 15) is 4.39 Å². The van der Waals surface area contributed by atoms with Gasteiger partial charge in [0.15, 0.2) is 0 Å². The average Bonchev–Trinajstić information content (AvgIpc) is 2.41. The molecule has 0 aliphatic rings. The molecular formula is C15H14BrClFNO. The quantitative estimate of drug-likeness (QED) is 0.865. The lowest BCUT2D eigenvalue weighted by Gasteiger charge is -2.21. The van der Waals surface area contributed by atoms with Gasteiger partial charge in [0.05, 0.1) is 17.6 Å². The molecule has 2 rings (SSSR count). The highest BCUT2D eigenvalue weighted by Gasteiger charge is 2.21. The predicted octanol–water partition coefficient (Wildman–Crippen LogP) is 4.56. The Kier molecular flexibility index (Phi) is 5.02.